The van der Waals surface area contributed by atoms with Crippen molar-refractivity contribution in [2.45, 2.75) is 11.8 Å². The second-order valence-corrected chi connectivity index (χ2v) is 4.50. The van der Waals surface area contributed by atoms with E-state index < -0.39 is 0 Å². The van der Waals surface area contributed by atoms with E-state index in [2.05, 4.69) is 6.58 Å². The van der Waals surface area contributed by atoms with Gasteiger partial charge in [0.05, 0.1) is 23.8 Å². The molecule has 0 spiro atoms. The van der Waals surface area contributed by atoms with Crippen LogP contribution in [0, 0.1) is 0 Å². The highest BCUT2D eigenvalue weighted by molar-refractivity contribution is 8.00. The number of hydrogen-bond donors (Lipinski definition) is 0. The van der Waals surface area contributed by atoms with Gasteiger partial charge in [0.25, 0.3) is 0 Å². The molecule has 2 rings (SSSR count). The molecule has 1 amide bonds. The average Bonchev–Trinajstić information content (AvgIpc) is 2.16. The molecular formula is C9H9NO2S2. The van der Waals surface area contributed by atoms with E-state index in [1.807, 2.05) is 6.08 Å². The Labute approximate surface area is 91.8 Å². The second kappa shape index (κ2) is 3.74. The third-order valence-electron chi connectivity index (χ3n) is 2.13. The van der Waals surface area contributed by atoms with Crippen molar-refractivity contribution in [3.05, 3.63) is 24.6 Å². The molecule has 2 aliphatic rings. The molecule has 1 saturated heterocycles. The predicted octanol–water partition coefficient (Wildman–Crippen LogP) is 1.66. The fraction of sp³-hybridized carbons (Fsp3) is 0.333. The van der Waals surface area contributed by atoms with Crippen LogP contribution in [-0.4, -0.2) is 27.0 Å². The van der Waals surface area contributed by atoms with Crippen molar-refractivity contribution >= 4 is 34.9 Å². The van der Waals surface area contributed by atoms with E-state index in [1.54, 1.807) is 16.7 Å². The lowest BCUT2D eigenvalue weighted by atomic mass is 10.1. The van der Waals surface area contributed by atoms with E-state index in [1.165, 1.54) is 6.26 Å². The molecule has 74 valence electrons. The Kier molecular flexibility index (Phi) is 2.60. The zero-order valence-electron chi connectivity index (χ0n) is 7.43. The number of nitrogens with zero attached hydrogens (tertiary/aromatic N) is 1. The minimum atomic E-state index is 0.114. The zero-order chi connectivity index (χ0) is 10.1. The van der Waals surface area contributed by atoms with Crippen molar-refractivity contribution in [3.8, 4) is 0 Å². The van der Waals surface area contributed by atoms with E-state index in [4.69, 9.17) is 17.0 Å². The molecule has 2 heterocycles. The first-order valence-corrected chi connectivity index (χ1v) is 5.65. The number of carbonyl (C=O) groups is 1. The Balaban J connectivity index is 2.16. The van der Waals surface area contributed by atoms with Gasteiger partial charge in [0, 0.05) is 5.75 Å². The summed E-state index contributed by atoms with van der Waals surface area (Å²) in [5.74, 6) is 0.994. The molecule has 1 fully saturated rings. The van der Waals surface area contributed by atoms with Gasteiger partial charge < -0.3 is 4.74 Å². The summed E-state index contributed by atoms with van der Waals surface area (Å²) in [7, 11) is 0. The smallest absolute Gasteiger partial charge is 0.231 e. The van der Waals surface area contributed by atoms with E-state index in [0.29, 0.717) is 11.5 Å². The maximum Gasteiger partial charge on any atom is 0.231 e. The standard InChI is InChI=1S/C9H9NO2S2/c1-2-12-9(13)6-3-4-14-8-5-7(11)10(6)8/h2-3,8H,1,4-5H2/t8-/m1/s1. The molecule has 14 heavy (non-hydrogen) atoms. The van der Waals surface area contributed by atoms with E-state index in [0.717, 1.165) is 11.4 Å². The number of hydrogen-bond acceptors (Lipinski definition) is 4. The molecule has 5 heteroatoms. The first kappa shape index (κ1) is 9.73. The summed E-state index contributed by atoms with van der Waals surface area (Å²) in [6.07, 6.45) is 3.81. The first-order chi connectivity index (χ1) is 6.74. The van der Waals surface area contributed by atoms with Crippen molar-refractivity contribution in [2.24, 2.45) is 0 Å². The highest BCUT2D eigenvalue weighted by Crippen LogP contribution is 2.37. The number of thioether (sulfide) groups is 1. The van der Waals surface area contributed by atoms with Crippen molar-refractivity contribution < 1.29 is 9.53 Å². The van der Waals surface area contributed by atoms with Gasteiger partial charge in [0.2, 0.25) is 11.0 Å². The number of thiocarbonyl (C=S) groups is 1. The first-order valence-electron chi connectivity index (χ1n) is 4.19. The highest BCUT2D eigenvalue weighted by atomic mass is 32.2. The minimum absolute atomic E-state index is 0.114. The number of amides is 1. The van der Waals surface area contributed by atoms with Crippen LogP contribution < -0.4 is 0 Å². The van der Waals surface area contributed by atoms with Gasteiger partial charge in [0.1, 0.15) is 0 Å². The van der Waals surface area contributed by atoms with Crippen LogP contribution in [0.2, 0.25) is 0 Å². The number of β-lactam (4-membered cyclic amide) rings is 1. The van der Waals surface area contributed by atoms with E-state index in [-0.39, 0.29) is 11.3 Å². The van der Waals surface area contributed by atoms with Gasteiger partial charge in [-0.15, -0.1) is 11.8 Å². The van der Waals surface area contributed by atoms with Gasteiger partial charge in [-0.2, -0.15) is 0 Å². The summed E-state index contributed by atoms with van der Waals surface area (Å²) in [6, 6.07) is 0. The van der Waals surface area contributed by atoms with Gasteiger partial charge >= 0.3 is 0 Å². The molecule has 0 saturated carbocycles. The average molecular weight is 227 g/mol. The Bertz CT molecular complexity index is 338. The van der Waals surface area contributed by atoms with Crippen molar-refractivity contribution in [1.82, 2.24) is 4.90 Å². The molecular weight excluding hydrogens is 218 g/mol. The van der Waals surface area contributed by atoms with Crippen molar-refractivity contribution in [2.75, 3.05) is 5.75 Å². The molecule has 0 N–H and O–H groups in total. The Morgan fingerprint density at radius 2 is 2.64 bits per heavy atom. The summed E-state index contributed by atoms with van der Waals surface area (Å²) >= 11 is 6.77. The fourth-order valence-electron chi connectivity index (χ4n) is 1.46. The van der Waals surface area contributed by atoms with E-state index >= 15 is 0 Å². The van der Waals surface area contributed by atoms with Crippen LogP contribution in [0.25, 0.3) is 0 Å². The third-order valence-corrected chi connectivity index (χ3v) is 3.56. The summed E-state index contributed by atoms with van der Waals surface area (Å²) in [5, 5.41) is 0.590. The van der Waals surface area contributed by atoms with Crippen LogP contribution >= 0.6 is 24.0 Å². The molecule has 1 atom stereocenters. The van der Waals surface area contributed by atoms with Crippen LogP contribution in [0.5, 0.6) is 0 Å². The summed E-state index contributed by atoms with van der Waals surface area (Å²) in [6.45, 7) is 3.43. The molecule has 0 radical (unpaired) electrons. The quantitative estimate of drug-likeness (QED) is 0.408. The van der Waals surface area contributed by atoms with Crippen molar-refractivity contribution in [1.29, 1.82) is 0 Å². The van der Waals surface area contributed by atoms with Crippen molar-refractivity contribution in [3.63, 3.8) is 0 Å². The summed E-state index contributed by atoms with van der Waals surface area (Å²) < 4.78 is 5.01. The van der Waals surface area contributed by atoms with Gasteiger partial charge in [-0.05, 0) is 18.3 Å². The lowest BCUT2D eigenvalue weighted by Crippen LogP contribution is -2.52. The van der Waals surface area contributed by atoms with Crippen LogP contribution in [0.15, 0.2) is 24.6 Å². The largest absolute Gasteiger partial charge is 0.452 e. The monoisotopic (exact) mass is 227 g/mol. The molecule has 0 aromatic rings. The summed E-state index contributed by atoms with van der Waals surface area (Å²) in [5.41, 5.74) is 0.722. The molecule has 0 aliphatic carbocycles. The third kappa shape index (κ3) is 1.46. The summed E-state index contributed by atoms with van der Waals surface area (Å²) in [4.78, 5) is 13.0. The number of fused-ring (bicyclic) bond motifs is 1. The predicted molar refractivity (Wildman–Crippen MR) is 59.7 cm³/mol. The molecule has 0 bridgehead atoms. The lowest BCUT2D eigenvalue weighted by Gasteiger charge is -2.43. The number of rotatable bonds is 2. The van der Waals surface area contributed by atoms with Crippen LogP contribution in [0.4, 0.5) is 0 Å². The second-order valence-electron chi connectivity index (χ2n) is 2.92. The van der Waals surface area contributed by atoms with Gasteiger partial charge in [0.15, 0.2) is 0 Å². The minimum Gasteiger partial charge on any atom is -0.452 e. The number of carbonyl (C=O) groups excluding carboxylic acids is 1. The van der Waals surface area contributed by atoms with Gasteiger partial charge in [-0.3, -0.25) is 9.69 Å². The van der Waals surface area contributed by atoms with Crippen LogP contribution in [0.3, 0.4) is 0 Å². The molecule has 0 aromatic heterocycles. The molecule has 0 aromatic carbocycles. The normalized spacial score (nSPS) is 24.6. The van der Waals surface area contributed by atoms with Gasteiger partial charge in [-0.1, -0.05) is 6.58 Å². The van der Waals surface area contributed by atoms with E-state index in [9.17, 15) is 4.79 Å². The van der Waals surface area contributed by atoms with Crippen LogP contribution in [-0.2, 0) is 9.53 Å². The molecule has 0 unspecified atom stereocenters. The Morgan fingerprint density at radius 3 is 3.29 bits per heavy atom. The SMILES string of the molecule is C=COC(=S)C1=CCS[C@@H]2CC(=O)N12. The maximum absolute atomic E-state index is 11.3. The topological polar surface area (TPSA) is 29.5 Å². The lowest BCUT2D eigenvalue weighted by molar-refractivity contribution is -0.138. The molecule has 2 aliphatic heterocycles. The fourth-order valence-corrected chi connectivity index (χ4v) is 2.83. The number of ether oxygens (including phenoxy) is 1. The Hall–Kier alpha value is -0.810. The van der Waals surface area contributed by atoms with Crippen LogP contribution in [0.1, 0.15) is 6.42 Å². The van der Waals surface area contributed by atoms with Gasteiger partial charge in [-0.25, -0.2) is 0 Å². The highest BCUT2D eigenvalue weighted by Gasteiger charge is 2.42. The zero-order valence-corrected chi connectivity index (χ0v) is 9.07. The Morgan fingerprint density at radius 1 is 1.86 bits per heavy atom. The molecule has 3 nitrogen and oxygen atoms in total. The maximum atomic E-state index is 11.3.